The van der Waals surface area contributed by atoms with Crippen molar-refractivity contribution in [3.8, 4) is 0 Å². The van der Waals surface area contributed by atoms with Gasteiger partial charge in [0.05, 0.1) is 45.7 Å². The number of nitrogens with one attached hydrogen (secondary N) is 1. The minimum absolute atomic E-state index is 0. The van der Waals surface area contributed by atoms with Crippen molar-refractivity contribution in [1.82, 2.24) is 20.3 Å². The van der Waals surface area contributed by atoms with Gasteiger partial charge in [0, 0.05) is 8.03 Å². The van der Waals surface area contributed by atoms with E-state index >= 15 is 0 Å². The predicted octanol–water partition coefficient (Wildman–Crippen LogP) is 0.799. The highest BCUT2D eigenvalue weighted by Crippen LogP contribution is 1.93. The van der Waals surface area contributed by atoms with Gasteiger partial charge >= 0.3 is 6.09 Å². The Morgan fingerprint density at radius 2 is 1.96 bits per heavy atom. The molecular weight excluding hydrogens is 344 g/mol. The van der Waals surface area contributed by atoms with Crippen LogP contribution in [0, 0.1) is 0 Å². The molecule has 0 fully saturated rings. The fraction of sp³-hybridized carbons (Fsp3) is 0.688. The zero-order valence-electron chi connectivity index (χ0n) is 16.1. The van der Waals surface area contributed by atoms with E-state index in [4.69, 9.17) is 19.3 Å². The smallest absolute Gasteiger partial charge is 0.407 e. The van der Waals surface area contributed by atoms with E-state index in [0.717, 1.165) is 0 Å². The van der Waals surface area contributed by atoms with Gasteiger partial charge in [0.15, 0.2) is 0 Å². The molecule has 0 aromatic carbocycles. The number of ether oxygens (including phenoxy) is 3. The maximum absolute atomic E-state index is 11.3. The fourth-order valence-corrected chi connectivity index (χ4v) is 1.40. The minimum Gasteiger partial charge on any atom is -0.447 e. The van der Waals surface area contributed by atoms with Crippen LogP contribution in [-0.4, -0.2) is 71.3 Å². The Morgan fingerprint density at radius 3 is 2.58 bits per heavy atom. The van der Waals surface area contributed by atoms with Crippen LogP contribution in [0.15, 0.2) is 19.4 Å². The van der Waals surface area contributed by atoms with Crippen LogP contribution >= 0.6 is 0 Å². The molecule has 1 amide bonds. The molecule has 0 unspecified atom stereocenters. The molecule has 4 N–H and O–H groups in total. The molecule has 0 aliphatic heterocycles. The molecule has 0 radical (unpaired) electrons. The Kier molecular flexibility index (Phi) is 25.4. The number of carbonyl (C=O) groups is 1. The second-order valence-electron chi connectivity index (χ2n) is 4.00. The number of aliphatic hydroxyl groups excluding tert-OH is 1. The summed E-state index contributed by atoms with van der Waals surface area (Å²) >= 11 is 0. The predicted molar refractivity (Wildman–Crippen MR) is 101 cm³/mol. The molecule has 0 bridgehead atoms. The van der Waals surface area contributed by atoms with Crippen molar-refractivity contribution in [2.24, 2.45) is 0 Å². The van der Waals surface area contributed by atoms with E-state index < -0.39 is 6.09 Å². The van der Waals surface area contributed by atoms with Gasteiger partial charge in [0.2, 0.25) is 0 Å². The molecule has 0 spiro atoms. The summed E-state index contributed by atoms with van der Waals surface area (Å²) in [4.78, 5) is 11.3. The number of nitrogens with zero attached hydrogens (tertiary/aromatic N) is 3. The minimum atomic E-state index is -0.518. The average Bonchev–Trinajstić information content (AvgIpc) is 3.12. The first-order chi connectivity index (χ1) is 12.3. The van der Waals surface area contributed by atoms with Crippen LogP contribution in [0.5, 0.6) is 0 Å². The summed E-state index contributed by atoms with van der Waals surface area (Å²) in [5, 5.41) is 18.9. The highest BCUT2D eigenvalue weighted by molar-refractivity contribution is 5.66. The monoisotopic (exact) mass is 380 g/mol. The van der Waals surface area contributed by atoms with E-state index in [-0.39, 0.29) is 26.7 Å². The summed E-state index contributed by atoms with van der Waals surface area (Å²) in [5.41, 5.74) is 0.624. The third-order valence-electron chi connectivity index (χ3n) is 2.37. The third-order valence-corrected chi connectivity index (χ3v) is 2.37. The Balaban J connectivity index is -0.000000412. The maximum Gasteiger partial charge on any atom is 0.407 e. The van der Waals surface area contributed by atoms with E-state index in [1.807, 2.05) is 20.8 Å². The summed E-state index contributed by atoms with van der Waals surface area (Å²) in [5.74, 6) is 0. The van der Waals surface area contributed by atoms with Crippen LogP contribution < -0.4 is 5.32 Å². The lowest BCUT2D eigenvalue weighted by Crippen LogP contribution is -2.25. The summed E-state index contributed by atoms with van der Waals surface area (Å²) in [6, 6.07) is 0. The Morgan fingerprint density at radius 1 is 1.27 bits per heavy atom. The van der Waals surface area contributed by atoms with Crippen molar-refractivity contribution in [3.05, 3.63) is 25.0 Å². The number of aliphatic hydroxyl groups is 1. The summed E-state index contributed by atoms with van der Waals surface area (Å²) < 4.78 is 16.7. The summed E-state index contributed by atoms with van der Waals surface area (Å²) in [6.45, 7) is 14.6. The second kappa shape index (κ2) is 23.0. The SMILES string of the molecule is C=C.CC.CCOCCOC(=O)NCc1cn(CCOCCO)nn1.O.[HH]. The largest absolute Gasteiger partial charge is 0.447 e. The van der Waals surface area contributed by atoms with Crippen LogP contribution in [0.25, 0.3) is 0 Å². The van der Waals surface area contributed by atoms with Gasteiger partial charge in [-0.05, 0) is 6.92 Å². The highest BCUT2D eigenvalue weighted by atomic mass is 16.6. The molecule has 156 valence electrons. The molecule has 1 aromatic rings. The van der Waals surface area contributed by atoms with Crippen molar-refractivity contribution in [1.29, 1.82) is 0 Å². The lowest BCUT2D eigenvalue weighted by atomic mass is 10.5. The highest BCUT2D eigenvalue weighted by Gasteiger charge is 2.05. The van der Waals surface area contributed by atoms with Crippen LogP contribution in [0.3, 0.4) is 0 Å². The van der Waals surface area contributed by atoms with Gasteiger partial charge in [-0.25, -0.2) is 9.48 Å². The normalized spacial score (nSPS) is 8.92. The van der Waals surface area contributed by atoms with Crippen LogP contribution in [0.2, 0.25) is 0 Å². The molecule has 1 rings (SSSR count). The van der Waals surface area contributed by atoms with Gasteiger partial charge in [0.25, 0.3) is 0 Å². The molecule has 0 aliphatic rings. The molecule has 26 heavy (non-hydrogen) atoms. The molecule has 0 atom stereocenters. The third kappa shape index (κ3) is 16.8. The van der Waals surface area contributed by atoms with Gasteiger partial charge < -0.3 is 30.1 Å². The van der Waals surface area contributed by atoms with Gasteiger partial charge in [-0.1, -0.05) is 19.1 Å². The lowest BCUT2D eigenvalue weighted by Gasteiger charge is -2.05. The first-order valence-corrected chi connectivity index (χ1v) is 8.32. The number of aromatic nitrogens is 3. The number of hydrogen-bond acceptors (Lipinski definition) is 7. The standard InChI is InChI=1S/C12H22N4O5.C2H6.C2H4.H2O.H2/c1-2-19-7-8-21-12(18)13-9-11-10-16(15-14-11)3-5-20-6-4-17;2*1-2;;/h10,17H,2-9H2,1H3,(H,13,18);1-2H3;1-2H2;1H2;1H. The summed E-state index contributed by atoms with van der Waals surface area (Å²) in [6.07, 6.45) is 1.19. The number of hydrogen-bond donors (Lipinski definition) is 2. The molecule has 10 heteroatoms. The Labute approximate surface area is 156 Å². The number of alkyl carbamates (subject to hydrolysis) is 1. The molecular formula is C16H36N4O6. The second-order valence-corrected chi connectivity index (χ2v) is 4.00. The quantitative estimate of drug-likeness (QED) is 0.427. The van der Waals surface area contributed by atoms with Crippen LogP contribution in [0.1, 0.15) is 27.9 Å². The van der Waals surface area contributed by atoms with Gasteiger partial charge in [-0.3, -0.25) is 0 Å². The Bertz CT molecular complexity index is 423. The van der Waals surface area contributed by atoms with Crippen molar-refractivity contribution in [2.45, 2.75) is 33.9 Å². The molecule has 0 aliphatic carbocycles. The molecule has 1 aromatic heterocycles. The van der Waals surface area contributed by atoms with E-state index in [9.17, 15) is 4.79 Å². The van der Waals surface area contributed by atoms with E-state index in [2.05, 4.69) is 28.8 Å². The van der Waals surface area contributed by atoms with Crippen molar-refractivity contribution in [2.75, 3.05) is 39.6 Å². The van der Waals surface area contributed by atoms with Gasteiger partial charge in [0.1, 0.15) is 12.3 Å². The first kappa shape index (κ1) is 28.8. The average molecular weight is 380 g/mol. The molecule has 0 saturated heterocycles. The van der Waals surface area contributed by atoms with Crippen LogP contribution in [0.4, 0.5) is 4.79 Å². The van der Waals surface area contributed by atoms with Crippen molar-refractivity contribution < 1.29 is 31.0 Å². The zero-order valence-corrected chi connectivity index (χ0v) is 16.1. The fourth-order valence-electron chi connectivity index (χ4n) is 1.40. The van der Waals surface area contributed by atoms with E-state index in [1.165, 1.54) is 0 Å². The van der Waals surface area contributed by atoms with Crippen molar-refractivity contribution >= 4 is 6.09 Å². The number of amides is 1. The van der Waals surface area contributed by atoms with Crippen molar-refractivity contribution in [3.63, 3.8) is 0 Å². The molecule has 10 nitrogen and oxygen atoms in total. The van der Waals surface area contributed by atoms with Gasteiger partial charge in [-0.15, -0.1) is 18.3 Å². The molecule has 0 saturated carbocycles. The zero-order chi connectivity index (χ0) is 19.3. The van der Waals surface area contributed by atoms with Gasteiger partial charge in [-0.2, -0.15) is 0 Å². The van der Waals surface area contributed by atoms with E-state index in [1.54, 1.807) is 10.9 Å². The van der Waals surface area contributed by atoms with E-state index in [0.29, 0.717) is 38.7 Å². The van der Waals surface area contributed by atoms with Crippen LogP contribution in [-0.2, 0) is 27.3 Å². The summed E-state index contributed by atoms with van der Waals surface area (Å²) in [7, 11) is 0. The number of carbonyl (C=O) groups excluding carboxylic acids is 1. The maximum atomic E-state index is 11.3. The Hall–Kier alpha value is -2.01. The first-order valence-electron chi connectivity index (χ1n) is 8.32. The molecule has 1 heterocycles. The lowest BCUT2D eigenvalue weighted by molar-refractivity contribution is 0.0786. The topological polar surface area (TPSA) is 139 Å². The number of rotatable bonds is 11.